The monoisotopic (exact) mass is 440 g/mol. The van der Waals surface area contributed by atoms with Gasteiger partial charge in [-0.15, -0.1) is 0 Å². The number of nitrogens with one attached hydrogen (secondary N) is 3. The molecule has 2 unspecified atom stereocenters. The lowest BCUT2D eigenvalue weighted by Gasteiger charge is -2.33. The van der Waals surface area contributed by atoms with Crippen molar-refractivity contribution in [1.82, 2.24) is 10.3 Å². The Bertz CT molecular complexity index is 1410. The fourth-order valence-corrected chi connectivity index (χ4v) is 5.60. The van der Waals surface area contributed by atoms with Gasteiger partial charge in [0, 0.05) is 34.7 Å². The van der Waals surface area contributed by atoms with Crippen molar-refractivity contribution in [3.8, 4) is 5.75 Å². The van der Waals surface area contributed by atoms with E-state index in [0.717, 1.165) is 38.3 Å². The third kappa shape index (κ3) is 2.76. The van der Waals surface area contributed by atoms with Crippen LogP contribution < -0.4 is 10.2 Å². The predicted octanol–water partition coefficient (Wildman–Crippen LogP) is 2.62. The Balaban J connectivity index is 1.62. The van der Waals surface area contributed by atoms with Crippen molar-refractivity contribution >= 4 is 22.7 Å². The number of H-pyrrole nitrogens is 1. The lowest BCUT2D eigenvalue weighted by molar-refractivity contribution is -0.814. The van der Waals surface area contributed by atoms with E-state index in [0.29, 0.717) is 17.7 Å². The van der Waals surface area contributed by atoms with E-state index in [1.807, 2.05) is 42.5 Å². The first kappa shape index (κ1) is 20.2. The van der Waals surface area contributed by atoms with E-state index >= 15 is 0 Å². The number of aromatic amines is 1. The molecule has 0 spiro atoms. The van der Waals surface area contributed by atoms with Crippen molar-refractivity contribution < 1.29 is 20.2 Å². The molecule has 2 aliphatic heterocycles. The lowest BCUT2D eigenvalue weighted by atomic mass is 9.78. The number of phenolic OH excluding ortho intramolecular Hbond substituents is 1. The van der Waals surface area contributed by atoms with E-state index < -0.39 is 17.7 Å². The smallest absolute Gasteiger partial charge is 0.183 e. The highest BCUT2D eigenvalue weighted by Gasteiger charge is 2.59. The molecule has 0 bridgehead atoms. The minimum absolute atomic E-state index is 0.00109. The summed E-state index contributed by atoms with van der Waals surface area (Å²) in [4.78, 5) is 4.56. The Hall–Kier alpha value is -3.42. The number of para-hydroxylation sites is 2. The van der Waals surface area contributed by atoms with Crippen molar-refractivity contribution in [2.24, 2.45) is 0 Å². The molecule has 4 atom stereocenters. The van der Waals surface area contributed by atoms with Gasteiger partial charge in [-0.25, -0.2) is 0 Å². The molecule has 0 aliphatic carbocycles. The molecule has 6 N–H and O–H groups in total. The maximum absolute atomic E-state index is 12.6. The van der Waals surface area contributed by atoms with Crippen molar-refractivity contribution in [1.29, 1.82) is 0 Å². The highest BCUT2D eigenvalue weighted by Crippen LogP contribution is 2.51. The molecule has 6 heteroatoms. The van der Waals surface area contributed by atoms with Crippen LogP contribution in [0.5, 0.6) is 5.75 Å². The van der Waals surface area contributed by atoms with Gasteiger partial charge < -0.3 is 25.6 Å². The summed E-state index contributed by atoms with van der Waals surface area (Å²) >= 11 is 0. The summed E-state index contributed by atoms with van der Waals surface area (Å²) < 4.78 is 0. The SMILES string of the molecule is CNC[C@@H](O)c1ccc(O)c([C@@]2(O)c3ccccc3[NH+]3C=Cc4c([nH]c5ccccc45)C32)c1. The van der Waals surface area contributed by atoms with Gasteiger partial charge in [-0.3, -0.25) is 4.90 Å². The van der Waals surface area contributed by atoms with Crippen molar-refractivity contribution in [2.45, 2.75) is 17.7 Å². The van der Waals surface area contributed by atoms with E-state index in [1.54, 1.807) is 25.2 Å². The van der Waals surface area contributed by atoms with Gasteiger partial charge in [-0.2, -0.15) is 0 Å². The quantitative estimate of drug-likeness (QED) is 0.294. The molecule has 3 aromatic carbocycles. The molecule has 0 amide bonds. The van der Waals surface area contributed by atoms with Crippen molar-refractivity contribution in [2.75, 3.05) is 13.6 Å². The molecule has 0 fully saturated rings. The lowest BCUT2D eigenvalue weighted by Crippen LogP contribution is -3.03. The number of phenols is 1. The van der Waals surface area contributed by atoms with Crippen LogP contribution in [0, 0.1) is 0 Å². The number of quaternary nitrogens is 1. The number of hydrogen-bond donors (Lipinski definition) is 6. The average Bonchev–Trinajstić information content (AvgIpc) is 3.33. The van der Waals surface area contributed by atoms with Crippen LogP contribution >= 0.6 is 0 Å². The van der Waals surface area contributed by atoms with Gasteiger partial charge in [0.05, 0.1) is 17.4 Å². The minimum Gasteiger partial charge on any atom is -0.508 e. The molecule has 6 rings (SSSR count). The molecule has 0 saturated heterocycles. The first-order valence-corrected chi connectivity index (χ1v) is 11.2. The van der Waals surface area contributed by atoms with Crippen molar-refractivity contribution in [3.05, 3.63) is 101 Å². The third-order valence-corrected chi connectivity index (χ3v) is 7.09. The molecule has 4 aromatic rings. The van der Waals surface area contributed by atoms with Crippen LogP contribution in [0.3, 0.4) is 0 Å². The zero-order chi connectivity index (χ0) is 22.7. The van der Waals surface area contributed by atoms with Gasteiger partial charge in [0.1, 0.15) is 17.6 Å². The summed E-state index contributed by atoms with van der Waals surface area (Å²) in [6, 6.07) is 20.5. The highest BCUT2D eigenvalue weighted by molar-refractivity contribution is 5.91. The Morgan fingerprint density at radius 2 is 1.85 bits per heavy atom. The summed E-state index contributed by atoms with van der Waals surface area (Å²) in [6.45, 7) is 0.370. The summed E-state index contributed by atoms with van der Waals surface area (Å²) in [5.74, 6) is 0.00109. The standard InChI is InChI=1S/C27H25N3O3/c1-28-15-24(32)16-10-11-23(31)20(14-16)27(33)19-7-3-5-9-22(19)30-13-12-18-17-6-2-4-8-21(17)29-25(18)26(27)30/h2-14,24,26,28-29,31-33H,15H2,1H3/p+1/t24-,26?,27+/m1/s1. The number of likely N-dealkylation sites (N-methyl/N-ethyl adjacent to an activating group) is 1. The second-order valence-corrected chi connectivity index (χ2v) is 8.88. The van der Waals surface area contributed by atoms with Gasteiger partial charge >= 0.3 is 0 Å². The van der Waals surface area contributed by atoms with Gasteiger partial charge in [0.25, 0.3) is 0 Å². The summed E-state index contributed by atoms with van der Waals surface area (Å²) in [7, 11) is 1.78. The van der Waals surface area contributed by atoms with E-state index in [9.17, 15) is 15.3 Å². The Kier molecular flexibility index (Phi) is 4.47. The molecule has 0 saturated carbocycles. The normalized spacial score (nSPS) is 23.8. The van der Waals surface area contributed by atoms with Gasteiger partial charge in [-0.1, -0.05) is 36.4 Å². The molecular formula is C27H26N3O3+. The number of aliphatic hydroxyl groups is 2. The first-order chi connectivity index (χ1) is 16.0. The van der Waals surface area contributed by atoms with Crippen LogP contribution in [-0.4, -0.2) is 33.9 Å². The summed E-state index contributed by atoms with van der Waals surface area (Å²) in [5.41, 5.74) is 4.22. The predicted molar refractivity (Wildman–Crippen MR) is 127 cm³/mol. The van der Waals surface area contributed by atoms with Crippen LogP contribution in [0.15, 0.2) is 72.9 Å². The first-order valence-electron chi connectivity index (χ1n) is 11.2. The van der Waals surface area contributed by atoms with Crippen LogP contribution in [0.1, 0.15) is 40.1 Å². The summed E-state index contributed by atoms with van der Waals surface area (Å²) in [6.07, 6.45) is 3.43. The number of rotatable bonds is 4. The molecule has 2 aliphatic rings. The zero-order valence-corrected chi connectivity index (χ0v) is 18.2. The number of aliphatic hydroxyl groups excluding tert-OH is 1. The Labute approximate surface area is 191 Å². The molecule has 1 aromatic heterocycles. The Morgan fingerprint density at radius 1 is 1.06 bits per heavy atom. The average molecular weight is 441 g/mol. The minimum atomic E-state index is -1.51. The number of aromatic nitrogens is 1. The second kappa shape index (κ2) is 7.30. The van der Waals surface area contributed by atoms with Gasteiger partial charge in [0.15, 0.2) is 11.6 Å². The van der Waals surface area contributed by atoms with Crippen LogP contribution in [0.4, 0.5) is 5.69 Å². The van der Waals surface area contributed by atoms with E-state index in [1.165, 1.54) is 0 Å². The number of fused-ring (bicyclic) bond motifs is 7. The number of hydrogen-bond acceptors (Lipinski definition) is 4. The molecule has 6 nitrogen and oxygen atoms in total. The fraction of sp³-hybridized carbons (Fsp3) is 0.185. The molecule has 0 radical (unpaired) electrons. The molecule has 33 heavy (non-hydrogen) atoms. The maximum Gasteiger partial charge on any atom is 0.183 e. The number of aromatic hydroxyl groups is 1. The molecule has 3 heterocycles. The maximum atomic E-state index is 12.6. The molecular weight excluding hydrogens is 414 g/mol. The third-order valence-electron chi connectivity index (χ3n) is 7.09. The van der Waals surface area contributed by atoms with Crippen LogP contribution in [-0.2, 0) is 5.60 Å². The van der Waals surface area contributed by atoms with Gasteiger partial charge in [0.2, 0.25) is 0 Å². The van der Waals surface area contributed by atoms with Crippen LogP contribution in [0.25, 0.3) is 17.0 Å². The van der Waals surface area contributed by atoms with Crippen LogP contribution in [0.2, 0.25) is 0 Å². The van der Waals surface area contributed by atoms with Crippen molar-refractivity contribution in [3.63, 3.8) is 0 Å². The van der Waals surface area contributed by atoms with E-state index in [4.69, 9.17) is 0 Å². The topological polar surface area (TPSA) is 92.9 Å². The fourth-order valence-electron chi connectivity index (χ4n) is 5.60. The zero-order valence-electron chi connectivity index (χ0n) is 18.2. The molecule has 166 valence electrons. The largest absolute Gasteiger partial charge is 0.508 e. The number of benzene rings is 3. The second-order valence-electron chi connectivity index (χ2n) is 8.88. The van der Waals surface area contributed by atoms with Gasteiger partial charge in [-0.05, 0) is 42.9 Å². The summed E-state index contributed by atoms with van der Waals surface area (Å²) in [5, 5.41) is 38.2. The van der Waals surface area contributed by atoms with E-state index in [-0.39, 0.29) is 5.75 Å². The Morgan fingerprint density at radius 3 is 2.70 bits per heavy atom. The highest BCUT2D eigenvalue weighted by atomic mass is 16.3. The van der Waals surface area contributed by atoms with E-state index in [2.05, 4.69) is 28.6 Å².